The third kappa shape index (κ3) is 2.90. The molecule has 0 amide bonds. The summed E-state index contributed by atoms with van der Waals surface area (Å²) in [5, 5.41) is 0. The van der Waals surface area contributed by atoms with E-state index in [0.717, 1.165) is 37.6 Å². The highest BCUT2D eigenvalue weighted by atomic mass is 32.1. The first-order chi connectivity index (χ1) is 9.34. The minimum absolute atomic E-state index is 0.0910. The van der Waals surface area contributed by atoms with Crippen LogP contribution in [-0.2, 0) is 6.18 Å². The molecule has 1 unspecified atom stereocenters. The molecule has 1 aliphatic heterocycles. The van der Waals surface area contributed by atoms with Crippen LogP contribution in [0.15, 0.2) is 18.2 Å². The topological polar surface area (TPSA) is 29.3 Å². The van der Waals surface area contributed by atoms with E-state index in [2.05, 4.69) is 11.8 Å². The molecule has 1 fully saturated rings. The lowest BCUT2D eigenvalue weighted by Gasteiger charge is -2.27. The van der Waals surface area contributed by atoms with E-state index in [-0.39, 0.29) is 10.6 Å². The van der Waals surface area contributed by atoms with Gasteiger partial charge < -0.3 is 10.6 Å². The molecule has 1 aliphatic rings. The van der Waals surface area contributed by atoms with Crippen molar-refractivity contribution in [3.8, 4) is 0 Å². The molecule has 20 heavy (non-hydrogen) atoms. The Morgan fingerprint density at radius 1 is 1.45 bits per heavy atom. The molecule has 1 aromatic carbocycles. The lowest BCUT2D eigenvalue weighted by molar-refractivity contribution is -0.137. The highest BCUT2D eigenvalue weighted by Gasteiger charge is 2.34. The summed E-state index contributed by atoms with van der Waals surface area (Å²) in [5.41, 5.74) is 5.37. The van der Waals surface area contributed by atoms with Gasteiger partial charge in [0.1, 0.15) is 4.99 Å². The Bertz CT molecular complexity index is 514. The maximum Gasteiger partial charge on any atom is 0.417 e. The Morgan fingerprint density at radius 3 is 2.70 bits per heavy atom. The molecule has 0 aliphatic carbocycles. The van der Waals surface area contributed by atoms with Gasteiger partial charge >= 0.3 is 6.18 Å². The third-order valence-corrected chi connectivity index (χ3v) is 3.97. The average Bonchev–Trinajstić information content (AvgIpc) is 2.85. The van der Waals surface area contributed by atoms with E-state index >= 15 is 0 Å². The van der Waals surface area contributed by atoms with Crippen LogP contribution in [-0.4, -0.2) is 17.6 Å². The first kappa shape index (κ1) is 15.1. The summed E-state index contributed by atoms with van der Waals surface area (Å²) in [7, 11) is 0. The van der Waals surface area contributed by atoms with E-state index in [9.17, 15) is 13.2 Å². The number of alkyl halides is 3. The van der Waals surface area contributed by atoms with Crippen LogP contribution in [0.1, 0.15) is 37.3 Å². The van der Waals surface area contributed by atoms with Gasteiger partial charge in [-0.15, -0.1) is 0 Å². The average molecular weight is 302 g/mol. The van der Waals surface area contributed by atoms with Crippen molar-refractivity contribution >= 4 is 22.9 Å². The van der Waals surface area contributed by atoms with E-state index in [4.69, 9.17) is 18.0 Å². The first-order valence-electron chi connectivity index (χ1n) is 6.62. The maximum atomic E-state index is 12.9. The van der Waals surface area contributed by atoms with E-state index in [1.165, 1.54) is 12.1 Å². The van der Waals surface area contributed by atoms with Gasteiger partial charge in [-0.05, 0) is 37.5 Å². The summed E-state index contributed by atoms with van der Waals surface area (Å²) in [6, 6.07) is 4.44. The Balaban J connectivity index is 2.43. The Hall–Kier alpha value is -1.30. The largest absolute Gasteiger partial charge is 0.417 e. The van der Waals surface area contributed by atoms with Gasteiger partial charge in [0.2, 0.25) is 0 Å². The van der Waals surface area contributed by atoms with Crippen LogP contribution in [0, 0.1) is 0 Å². The molecule has 0 radical (unpaired) electrons. The quantitative estimate of drug-likeness (QED) is 0.863. The molecular formula is C14H17F3N2S. The molecule has 1 aromatic rings. The van der Waals surface area contributed by atoms with Crippen molar-refractivity contribution in [2.45, 2.75) is 38.4 Å². The fourth-order valence-corrected chi connectivity index (χ4v) is 2.93. The Kier molecular flexibility index (Phi) is 4.22. The molecule has 6 heteroatoms. The van der Waals surface area contributed by atoms with Crippen molar-refractivity contribution in [2.24, 2.45) is 5.73 Å². The van der Waals surface area contributed by atoms with Crippen LogP contribution < -0.4 is 10.6 Å². The molecule has 2 nitrogen and oxygen atoms in total. The van der Waals surface area contributed by atoms with Crippen molar-refractivity contribution in [3.63, 3.8) is 0 Å². The van der Waals surface area contributed by atoms with Gasteiger partial charge in [-0.1, -0.05) is 19.1 Å². The highest BCUT2D eigenvalue weighted by Crippen LogP contribution is 2.35. The summed E-state index contributed by atoms with van der Waals surface area (Å²) in [5.74, 6) is 0. The van der Waals surface area contributed by atoms with Crippen LogP contribution in [0.5, 0.6) is 0 Å². The van der Waals surface area contributed by atoms with Gasteiger partial charge in [0.05, 0.1) is 5.56 Å². The van der Waals surface area contributed by atoms with E-state index in [1.807, 2.05) is 0 Å². The Labute approximate surface area is 121 Å². The lowest BCUT2D eigenvalue weighted by Crippen LogP contribution is -2.29. The van der Waals surface area contributed by atoms with Gasteiger partial charge in [-0.3, -0.25) is 0 Å². The summed E-state index contributed by atoms with van der Waals surface area (Å²) in [6.07, 6.45) is -1.34. The number of anilines is 1. The SMILES string of the molecule is CCC1CCCN1c1ccc(C(F)(F)F)c(C(N)=S)c1. The second-order valence-electron chi connectivity index (χ2n) is 4.99. The zero-order chi connectivity index (χ0) is 14.9. The molecule has 0 aromatic heterocycles. The number of hydrogen-bond donors (Lipinski definition) is 1. The van der Waals surface area contributed by atoms with Crippen molar-refractivity contribution in [1.82, 2.24) is 0 Å². The van der Waals surface area contributed by atoms with Crippen LogP contribution in [0.25, 0.3) is 0 Å². The van der Waals surface area contributed by atoms with Crippen LogP contribution in [0.3, 0.4) is 0 Å². The van der Waals surface area contributed by atoms with Crippen molar-refractivity contribution in [2.75, 3.05) is 11.4 Å². The minimum atomic E-state index is -4.44. The van der Waals surface area contributed by atoms with Crippen molar-refractivity contribution < 1.29 is 13.2 Å². The molecule has 0 saturated carbocycles. The number of benzene rings is 1. The van der Waals surface area contributed by atoms with Crippen molar-refractivity contribution in [1.29, 1.82) is 0 Å². The van der Waals surface area contributed by atoms with Gasteiger partial charge in [0.15, 0.2) is 0 Å². The van der Waals surface area contributed by atoms with Crippen LogP contribution in [0.4, 0.5) is 18.9 Å². The summed E-state index contributed by atoms with van der Waals surface area (Å²) in [4.78, 5) is 1.92. The minimum Gasteiger partial charge on any atom is -0.389 e. The molecule has 0 spiro atoms. The zero-order valence-electron chi connectivity index (χ0n) is 11.2. The standard InChI is InChI=1S/C14H17F3N2S/c1-2-9-4-3-7-19(9)10-5-6-12(14(15,16)17)11(8-10)13(18)20/h5-6,8-9H,2-4,7H2,1H3,(H2,18,20). The van der Waals surface area contributed by atoms with Gasteiger partial charge in [-0.2, -0.15) is 13.2 Å². The van der Waals surface area contributed by atoms with Crippen LogP contribution >= 0.6 is 12.2 Å². The molecule has 1 heterocycles. The van der Waals surface area contributed by atoms with Gasteiger partial charge in [0, 0.05) is 23.8 Å². The number of thiocarbonyl (C=S) groups is 1. The number of nitrogens with two attached hydrogens (primary N) is 1. The van der Waals surface area contributed by atoms with Gasteiger partial charge in [-0.25, -0.2) is 0 Å². The van der Waals surface area contributed by atoms with Crippen LogP contribution in [0.2, 0.25) is 0 Å². The third-order valence-electron chi connectivity index (χ3n) is 3.75. The summed E-state index contributed by atoms with van der Waals surface area (Å²) in [6.45, 7) is 2.95. The molecule has 2 rings (SSSR count). The molecule has 1 saturated heterocycles. The molecule has 0 bridgehead atoms. The number of halogens is 3. The van der Waals surface area contributed by atoms with E-state index in [0.29, 0.717) is 6.04 Å². The fraction of sp³-hybridized carbons (Fsp3) is 0.500. The first-order valence-corrected chi connectivity index (χ1v) is 7.03. The second-order valence-corrected chi connectivity index (χ2v) is 5.43. The monoisotopic (exact) mass is 302 g/mol. The lowest BCUT2D eigenvalue weighted by atomic mass is 10.0. The highest BCUT2D eigenvalue weighted by molar-refractivity contribution is 7.80. The number of nitrogens with zero attached hydrogens (tertiary/aromatic N) is 1. The predicted molar refractivity (Wildman–Crippen MR) is 78.0 cm³/mol. The molecule has 2 N–H and O–H groups in total. The smallest absolute Gasteiger partial charge is 0.389 e. The molecule has 1 atom stereocenters. The Morgan fingerprint density at radius 2 is 2.15 bits per heavy atom. The van der Waals surface area contributed by atoms with E-state index < -0.39 is 11.7 Å². The fourth-order valence-electron chi connectivity index (χ4n) is 2.76. The zero-order valence-corrected chi connectivity index (χ0v) is 12.0. The molecule has 110 valence electrons. The van der Waals surface area contributed by atoms with E-state index in [1.54, 1.807) is 0 Å². The van der Waals surface area contributed by atoms with Gasteiger partial charge in [0.25, 0.3) is 0 Å². The molecular weight excluding hydrogens is 285 g/mol. The predicted octanol–water partition coefficient (Wildman–Crippen LogP) is 3.72. The number of hydrogen-bond acceptors (Lipinski definition) is 2. The normalized spacial score (nSPS) is 19.4. The maximum absolute atomic E-state index is 12.9. The summed E-state index contributed by atoms with van der Waals surface area (Å²) >= 11 is 4.77. The summed E-state index contributed by atoms with van der Waals surface area (Å²) < 4.78 is 38.8. The number of rotatable bonds is 3. The van der Waals surface area contributed by atoms with Crippen molar-refractivity contribution in [3.05, 3.63) is 29.3 Å². The second kappa shape index (κ2) is 5.60.